The Hall–Kier alpha value is -3.46. The Morgan fingerprint density at radius 2 is 2.14 bits per heavy atom. The molecular formula is C20H19N5O3S. The van der Waals surface area contributed by atoms with E-state index in [1.54, 1.807) is 26.0 Å². The second-order valence-electron chi connectivity index (χ2n) is 6.57. The predicted molar refractivity (Wildman–Crippen MR) is 114 cm³/mol. The highest BCUT2D eigenvalue weighted by molar-refractivity contribution is 7.22. The molecule has 0 saturated heterocycles. The summed E-state index contributed by atoms with van der Waals surface area (Å²) in [5.41, 5.74) is 5.42. The van der Waals surface area contributed by atoms with E-state index in [0.717, 1.165) is 15.8 Å². The van der Waals surface area contributed by atoms with Crippen LogP contribution in [0.2, 0.25) is 0 Å². The average Bonchev–Trinajstić information content (AvgIpc) is 3.13. The third-order valence-electron chi connectivity index (χ3n) is 4.39. The van der Waals surface area contributed by atoms with Crippen molar-refractivity contribution in [2.75, 3.05) is 17.2 Å². The lowest BCUT2D eigenvalue weighted by molar-refractivity contribution is -0.121. The van der Waals surface area contributed by atoms with Gasteiger partial charge in [0, 0.05) is 0 Å². The minimum Gasteiger partial charge on any atom is -0.482 e. The molecule has 2 heterocycles. The first-order valence-corrected chi connectivity index (χ1v) is 9.84. The molecular weight excluding hydrogens is 390 g/mol. The smallest absolute Gasteiger partial charge is 0.262 e. The van der Waals surface area contributed by atoms with Gasteiger partial charge in [0.25, 0.3) is 11.8 Å². The lowest BCUT2D eigenvalue weighted by Gasteiger charge is -2.18. The molecule has 9 heteroatoms. The zero-order chi connectivity index (χ0) is 20.4. The molecule has 4 rings (SSSR count). The summed E-state index contributed by atoms with van der Waals surface area (Å²) in [4.78, 5) is 28.3. The minimum atomic E-state index is -0.511. The Morgan fingerprint density at radius 1 is 1.31 bits per heavy atom. The number of aromatic nitrogens is 1. The Morgan fingerprint density at radius 3 is 2.97 bits per heavy atom. The molecule has 1 atom stereocenters. The zero-order valence-electron chi connectivity index (χ0n) is 15.9. The topological polar surface area (TPSA) is 105 Å². The van der Waals surface area contributed by atoms with E-state index in [1.807, 2.05) is 30.3 Å². The number of fused-ring (bicyclic) bond motifs is 2. The number of hydrazone groups is 1. The number of carbonyl (C=O) groups excluding carboxylic acids is 2. The number of hydrogen-bond acceptors (Lipinski definition) is 7. The fraction of sp³-hybridized carbons (Fsp3) is 0.200. The highest BCUT2D eigenvalue weighted by Gasteiger charge is 2.17. The van der Waals surface area contributed by atoms with Crippen molar-refractivity contribution >= 4 is 49.9 Å². The number of nitrogens with zero attached hydrogens (tertiary/aromatic N) is 2. The van der Waals surface area contributed by atoms with Crippen molar-refractivity contribution in [2.45, 2.75) is 19.9 Å². The molecule has 3 aromatic rings. The quantitative estimate of drug-likeness (QED) is 0.444. The number of carbonyl (C=O) groups is 2. The summed E-state index contributed by atoms with van der Waals surface area (Å²) in [7, 11) is 0. The second-order valence-corrected chi connectivity index (χ2v) is 7.60. The van der Waals surface area contributed by atoms with Gasteiger partial charge >= 0.3 is 0 Å². The fourth-order valence-electron chi connectivity index (χ4n) is 2.79. The summed E-state index contributed by atoms with van der Waals surface area (Å²) < 4.78 is 6.40. The van der Waals surface area contributed by atoms with Gasteiger partial charge in [-0.3, -0.25) is 9.59 Å². The number of para-hydroxylation sites is 1. The lowest BCUT2D eigenvalue weighted by atomic mass is 10.1. The van der Waals surface area contributed by atoms with Crippen LogP contribution < -0.4 is 20.8 Å². The summed E-state index contributed by atoms with van der Waals surface area (Å²) in [5.74, 6) is 0.129. The molecule has 3 N–H and O–H groups in total. The highest BCUT2D eigenvalue weighted by atomic mass is 32.1. The van der Waals surface area contributed by atoms with Gasteiger partial charge in [-0.2, -0.15) is 5.10 Å². The monoisotopic (exact) mass is 409 g/mol. The zero-order valence-corrected chi connectivity index (χ0v) is 16.7. The van der Waals surface area contributed by atoms with Crippen LogP contribution in [0.25, 0.3) is 10.2 Å². The summed E-state index contributed by atoms with van der Waals surface area (Å²) in [6, 6.07) is 12.6. The minimum absolute atomic E-state index is 0.00895. The normalized spacial score (nSPS) is 14.6. The van der Waals surface area contributed by atoms with E-state index in [2.05, 4.69) is 26.1 Å². The van der Waals surface area contributed by atoms with Crippen LogP contribution in [-0.2, 0) is 9.59 Å². The van der Waals surface area contributed by atoms with Gasteiger partial charge in [0.05, 0.1) is 21.6 Å². The van der Waals surface area contributed by atoms with E-state index in [-0.39, 0.29) is 18.4 Å². The van der Waals surface area contributed by atoms with Crippen LogP contribution in [0.4, 0.5) is 10.8 Å². The average molecular weight is 409 g/mol. The summed E-state index contributed by atoms with van der Waals surface area (Å²) in [6.07, 6.45) is 0. The van der Waals surface area contributed by atoms with Gasteiger partial charge in [-0.15, -0.1) is 0 Å². The van der Waals surface area contributed by atoms with Gasteiger partial charge in [0.1, 0.15) is 11.8 Å². The van der Waals surface area contributed by atoms with Gasteiger partial charge in [-0.1, -0.05) is 23.5 Å². The Balaban J connectivity index is 1.40. The van der Waals surface area contributed by atoms with Crippen LogP contribution in [0.3, 0.4) is 0 Å². The highest BCUT2D eigenvalue weighted by Crippen LogP contribution is 2.28. The standard InChI is InChI=1S/C20H19N5O3S/c1-11(13-7-8-16-15(9-13)22-18(26)10-28-16)24-25-19(27)12(2)21-20-23-14-5-3-4-6-17(14)29-20/h3-9,12H,10H2,1-2H3,(H,21,23)(H,22,26)(H,25,27)/b24-11-/t12-/m1/s1. The molecule has 0 radical (unpaired) electrons. The first-order valence-electron chi connectivity index (χ1n) is 9.03. The van der Waals surface area contributed by atoms with Crippen LogP contribution in [0.15, 0.2) is 47.6 Å². The number of nitrogens with one attached hydrogen (secondary N) is 3. The fourth-order valence-corrected chi connectivity index (χ4v) is 3.75. The van der Waals surface area contributed by atoms with Gasteiger partial charge in [0.2, 0.25) is 0 Å². The summed E-state index contributed by atoms with van der Waals surface area (Å²) >= 11 is 1.49. The van der Waals surface area contributed by atoms with Crippen LogP contribution in [0.1, 0.15) is 19.4 Å². The van der Waals surface area contributed by atoms with E-state index >= 15 is 0 Å². The summed E-state index contributed by atoms with van der Waals surface area (Å²) in [6.45, 7) is 3.53. The van der Waals surface area contributed by atoms with Crippen molar-refractivity contribution < 1.29 is 14.3 Å². The van der Waals surface area contributed by atoms with E-state index in [1.165, 1.54) is 11.3 Å². The molecule has 0 bridgehead atoms. The van der Waals surface area contributed by atoms with E-state index in [4.69, 9.17) is 4.74 Å². The maximum atomic E-state index is 12.4. The molecule has 0 spiro atoms. The number of amides is 2. The molecule has 0 fully saturated rings. The van der Waals surface area contributed by atoms with Crippen molar-refractivity contribution in [2.24, 2.45) is 5.10 Å². The number of rotatable bonds is 5. The van der Waals surface area contributed by atoms with Crippen molar-refractivity contribution in [3.05, 3.63) is 48.0 Å². The van der Waals surface area contributed by atoms with Crippen molar-refractivity contribution in [1.82, 2.24) is 10.4 Å². The third-order valence-corrected chi connectivity index (χ3v) is 5.36. The molecule has 148 valence electrons. The molecule has 0 unspecified atom stereocenters. The van der Waals surface area contributed by atoms with E-state index < -0.39 is 6.04 Å². The molecule has 1 aromatic heterocycles. The first-order chi connectivity index (χ1) is 14.0. The SMILES string of the molecule is C/C(=N/NC(=O)[C@@H](C)Nc1nc2ccccc2s1)c1ccc2c(c1)NC(=O)CO2. The molecule has 2 aromatic carbocycles. The molecule has 1 aliphatic heterocycles. The van der Waals surface area contributed by atoms with Crippen LogP contribution >= 0.6 is 11.3 Å². The first kappa shape index (κ1) is 18.9. The Kier molecular flexibility index (Phi) is 5.13. The van der Waals surface area contributed by atoms with Crippen LogP contribution in [0.5, 0.6) is 5.75 Å². The Labute approximate surface area is 171 Å². The molecule has 1 aliphatic rings. The lowest BCUT2D eigenvalue weighted by Crippen LogP contribution is -2.35. The molecule has 2 amide bonds. The molecule has 0 saturated carbocycles. The van der Waals surface area contributed by atoms with Crippen molar-refractivity contribution in [3.63, 3.8) is 0 Å². The number of ether oxygens (including phenoxy) is 1. The van der Waals surface area contributed by atoms with Crippen LogP contribution in [-0.4, -0.2) is 35.2 Å². The second kappa shape index (κ2) is 7.88. The van der Waals surface area contributed by atoms with E-state index in [9.17, 15) is 9.59 Å². The molecule has 29 heavy (non-hydrogen) atoms. The predicted octanol–water partition coefficient (Wildman–Crippen LogP) is 2.97. The maximum absolute atomic E-state index is 12.4. The summed E-state index contributed by atoms with van der Waals surface area (Å²) in [5, 5.41) is 10.7. The van der Waals surface area contributed by atoms with Gasteiger partial charge in [-0.25, -0.2) is 10.4 Å². The largest absolute Gasteiger partial charge is 0.482 e. The maximum Gasteiger partial charge on any atom is 0.262 e. The van der Waals surface area contributed by atoms with Crippen molar-refractivity contribution in [3.8, 4) is 5.75 Å². The Bertz CT molecular complexity index is 1090. The van der Waals surface area contributed by atoms with Crippen LogP contribution in [0, 0.1) is 0 Å². The number of hydrogen-bond donors (Lipinski definition) is 3. The third kappa shape index (κ3) is 4.19. The number of benzene rings is 2. The molecule has 0 aliphatic carbocycles. The number of thiazole rings is 1. The molecule has 8 nitrogen and oxygen atoms in total. The van der Waals surface area contributed by atoms with E-state index in [0.29, 0.717) is 22.3 Å². The van der Waals surface area contributed by atoms with Crippen molar-refractivity contribution in [1.29, 1.82) is 0 Å². The van der Waals surface area contributed by atoms with Gasteiger partial charge in [-0.05, 0) is 49.7 Å². The number of anilines is 2. The van der Waals surface area contributed by atoms with Gasteiger partial charge in [0.15, 0.2) is 11.7 Å². The van der Waals surface area contributed by atoms with Gasteiger partial charge < -0.3 is 15.4 Å².